The van der Waals surface area contributed by atoms with Crippen LogP contribution < -0.4 is 5.32 Å². The van der Waals surface area contributed by atoms with Gasteiger partial charge in [-0.05, 0) is 33.6 Å². The minimum atomic E-state index is -3.59. The number of carbonyl (C=O) groups excluding carboxylic acids is 1. The maximum Gasteiger partial charge on any atom is 0.238 e. The van der Waals surface area contributed by atoms with E-state index in [0.717, 1.165) is 25.7 Å². The van der Waals surface area contributed by atoms with Crippen LogP contribution in [0.2, 0.25) is 0 Å². The van der Waals surface area contributed by atoms with Crippen molar-refractivity contribution in [2.45, 2.75) is 69.9 Å². The lowest BCUT2D eigenvalue weighted by Gasteiger charge is -2.24. The van der Waals surface area contributed by atoms with Gasteiger partial charge in [0.25, 0.3) is 0 Å². The number of aromatic nitrogens is 1. The first kappa shape index (κ1) is 17.0. The Hall–Kier alpha value is -1.37. The Balaban J connectivity index is 2.03. The fourth-order valence-corrected chi connectivity index (χ4v) is 4.22. The molecule has 124 valence electrons. The number of nitrogens with one attached hydrogen (secondary N) is 1. The molecule has 1 aliphatic rings. The van der Waals surface area contributed by atoms with Gasteiger partial charge in [0.2, 0.25) is 5.91 Å². The van der Waals surface area contributed by atoms with E-state index in [9.17, 15) is 13.2 Å². The third-order valence-electron chi connectivity index (χ3n) is 4.39. The van der Waals surface area contributed by atoms with Crippen molar-refractivity contribution in [2.24, 2.45) is 0 Å². The molecule has 0 saturated heterocycles. The van der Waals surface area contributed by atoms with Gasteiger partial charge in [-0.3, -0.25) is 4.79 Å². The van der Waals surface area contributed by atoms with Gasteiger partial charge in [0.15, 0.2) is 9.84 Å². The SMILES string of the molecule is Cc1noc(C)c1CS(=O)(=O)[C@H](C)C(=O)NC1CCCCC1. The van der Waals surface area contributed by atoms with Crippen LogP contribution in [0, 0.1) is 13.8 Å². The van der Waals surface area contributed by atoms with Crippen LogP contribution in [0.25, 0.3) is 0 Å². The molecule has 0 unspecified atom stereocenters. The predicted octanol–water partition coefficient (Wildman–Crippen LogP) is 2.04. The van der Waals surface area contributed by atoms with Crippen molar-refractivity contribution < 1.29 is 17.7 Å². The quantitative estimate of drug-likeness (QED) is 0.893. The van der Waals surface area contributed by atoms with E-state index >= 15 is 0 Å². The van der Waals surface area contributed by atoms with Crippen molar-refractivity contribution in [2.75, 3.05) is 0 Å². The van der Waals surface area contributed by atoms with Crippen LogP contribution >= 0.6 is 0 Å². The molecule has 0 bridgehead atoms. The summed E-state index contributed by atoms with van der Waals surface area (Å²) >= 11 is 0. The Bertz CT molecular complexity index is 610. The van der Waals surface area contributed by atoms with Gasteiger partial charge in [0.1, 0.15) is 11.0 Å². The van der Waals surface area contributed by atoms with Gasteiger partial charge in [-0.2, -0.15) is 0 Å². The van der Waals surface area contributed by atoms with Crippen molar-refractivity contribution >= 4 is 15.7 Å². The molecule has 1 heterocycles. The molecule has 2 rings (SSSR count). The third kappa shape index (κ3) is 3.88. The van der Waals surface area contributed by atoms with Crippen LogP contribution in [-0.4, -0.2) is 30.8 Å². The van der Waals surface area contributed by atoms with E-state index in [4.69, 9.17) is 4.52 Å². The normalized spacial score (nSPS) is 18.1. The van der Waals surface area contributed by atoms with Crippen LogP contribution in [0.15, 0.2) is 4.52 Å². The molecule has 1 aliphatic carbocycles. The minimum Gasteiger partial charge on any atom is -0.361 e. The highest BCUT2D eigenvalue weighted by Gasteiger charge is 2.31. The predicted molar refractivity (Wildman–Crippen MR) is 83.1 cm³/mol. The van der Waals surface area contributed by atoms with Gasteiger partial charge in [0, 0.05) is 11.6 Å². The summed E-state index contributed by atoms with van der Waals surface area (Å²) < 4.78 is 29.9. The fourth-order valence-electron chi connectivity index (χ4n) is 2.76. The van der Waals surface area contributed by atoms with Crippen molar-refractivity contribution in [1.29, 1.82) is 0 Å². The molecule has 22 heavy (non-hydrogen) atoms. The summed E-state index contributed by atoms with van der Waals surface area (Å²) in [6.07, 6.45) is 5.23. The second kappa shape index (κ2) is 6.81. The molecule has 6 nitrogen and oxygen atoms in total. The maximum atomic E-state index is 12.5. The lowest BCUT2D eigenvalue weighted by atomic mass is 9.95. The first-order valence-corrected chi connectivity index (χ1v) is 9.46. The minimum absolute atomic E-state index is 0.109. The Morgan fingerprint density at radius 1 is 1.32 bits per heavy atom. The largest absolute Gasteiger partial charge is 0.361 e. The van der Waals surface area contributed by atoms with Crippen LogP contribution in [0.1, 0.15) is 56.0 Å². The third-order valence-corrected chi connectivity index (χ3v) is 6.37. The molecule has 1 saturated carbocycles. The molecule has 1 aromatic heterocycles. The average molecular weight is 328 g/mol. The van der Waals surface area contributed by atoms with Gasteiger partial charge in [-0.25, -0.2) is 8.42 Å². The lowest BCUT2D eigenvalue weighted by molar-refractivity contribution is -0.121. The first-order chi connectivity index (χ1) is 10.3. The number of rotatable bonds is 5. The molecular weight excluding hydrogens is 304 g/mol. The number of hydrogen-bond acceptors (Lipinski definition) is 5. The molecule has 1 atom stereocenters. The number of aryl methyl sites for hydroxylation is 2. The Morgan fingerprint density at radius 2 is 1.95 bits per heavy atom. The standard InChI is InChI=1S/C15H24N2O4S/c1-10-14(11(2)21-17-10)9-22(19,20)12(3)15(18)16-13-7-5-4-6-8-13/h12-13H,4-9H2,1-3H3,(H,16,18)/t12-/m1/s1. The molecule has 1 N–H and O–H groups in total. The second-order valence-corrected chi connectivity index (χ2v) is 8.42. The number of hydrogen-bond donors (Lipinski definition) is 1. The molecule has 0 radical (unpaired) electrons. The Morgan fingerprint density at radius 3 is 2.50 bits per heavy atom. The average Bonchev–Trinajstić information content (AvgIpc) is 2.79. The molecule has 1 amide bonds. The zero-order chi connectivity index (χ0) is 16.3. The Labute approximate surface area is 131 Å². The van der Waals surface area contributed by atoms with E-state index in [1.807, 2.05) is 0 Å². The van der Waals surface area contributed by atoms with Crippen LogP contribution in [0.3, 0.4) is 0 Å². The number of nitrogens with zero attached hydrogens (tertiary/aromatic N) is 1. The monoisotopic (exact) mass is 328 g/mol. The molecule has 0 aromatic carbocycles. The molecule has 0 spiro atoms. The zero-order valence-corrected chi connectivity index (χ0v) is 14.2. The van der Waals surface area contributed by atoms with Crippen molar-refractivity contribution in [3.63, 3.8) is 0 Å². The van der Waals surface area contributed by atoms with Crippen molar-refractivity contribution in [1.82, 2.24) is 10.5 Å². The van der Waals surface area contributed by atoms with Crippen LogP contribution in [0.4, 0.5) is 0 Å². The summed E-state index contributed by atoms with van der Waals surface area (Å²) in [5, 5.41) is 5.57. The van der Waals surface area contributed by atoms with E-state index in [2.05, 4.69) is 10.5 Å². The van der Waals surface area contributed by atoms with Gasteiger partial charge in [-0.15, -0.1) is 0 Å². The smallest absolute Gasteiger partial charge is 0.238 e. The van der Waals surface area contributed by atoms with E-state index in [1.165, 1.54) is 13.3 Å². The molecule has 1 fully saturated rings. The van der Waals surface area contributed by atoms with E-state index in [0.29, 0.717) is 17.0 Å². The number of amides is 1. The van der Waals surface area contributed by atoms with E-state index in [-0.39, 0.29) is 11.8 Å². The lowest BCUT2D eigenvalue weighted by Crippen LogP contribution is -2.44. The summed E-state index contributed by atoms with van der Waals surface area (Å²) in [7, 11) is -3.59. The molecular formula is C15H24N2O4S. The highest BCUT2D eigenvalue weighted by Crippen LogP contribution is 2.20. The summed E-state index contributed by atoms with van der Waals surface area (Å²) in [6.45, 7) is 4.83. The second-order valence-electron chi connectivity index (χ2n) is 6.10. The topological polar surface area (TPSA) is 89.3 Å². The van der Waals surface area contributed by atoms with Gasteiger partial charge >= 0.3 is 0 Å². The highest BCUT2D eigenvalue weighted by atomic mass is 32.2. The molecule has 0 aliphatic heterocycles. The van der Waals surface area contributed by atoms with Crippen molar-refractivity contribution in [3.05, 3.63) is 17.0 Å². The molecule has 7 heteroatoms. The van der Waals surface area contributed by atoms with Crippen LogP contribution in [-0.2, 0) is 20.4 Å². The summed E-state index contributed by atoms with van der Waals surface area (Å²) in [5.74, 6) is -0.132. The summed E-state index contributed by atoms with van der Waals surface area (Å²) in [5.41, 5.74) is 1.11. The first-order valence-electron chi connectivity index (χ1n) is 7.75. The number of carbonyl (C=O) groups is 1. The molecule has 1 aromatic rings. The number of sulfone groups is 1. The van der Waals surface area contributed by atoms with Crippen LogP contribution in [0.5, 0.6) is 0 Å². The summed E-state index contributed by atoms with van der Waals surface area (Å²) in [4.78, 5) is 12.2. The zero-order valence-electron chi connectivity index (χ0n) is 13.4. The maximum absolute atomic E-state index is 12.5. The van der Waals surface area contributed by atoms with Crippen molar-refractivity contribution in [3.8, 4) is 0 Å². The fraction of sp³-hybridized carbons (Fsp3) is 0.733. The van der Waals surface area contributed by atoms with Gasteiger partial charge in [0.05, 0.1) is 11.4 Å². The summed E-state index contributed by atoms with van der Waals surface area (Å²) in [6, 6.07) is 0.109. The van der Waals surface area contributed by atoms with E-state index in [1.54, 1.807) is 13.8 Å². The van der Waals surface area contributed by atoms with E-state index < -0.39 is 21.0 Å². The Kier molecular flexibility index (Phi) is 5.26. The van der Waals surface area contributed by atoms with Gasteiger partial charge < -0.3 is 9.84 Å². The van der Waals surface area contributed by atoms with Gasteiger partial charge in [-0.1, -0.05) is 24.4 Å². The highest BCUT2D eigenvalue weighted by molar-refractivity contribution is 7.92.